The Hall–Kier alpha value is -3.02. The third-order valence-electron chi connectivity index (χ3n) is 3.20. The van der Waals surface area contributed by atoms with Crippen LogP contribution in [0.4, 0.5) is 5.69 Å². The standard InChI is InChI=1S/C18H19NO5/c1-3-23-16-7-5-4-6-15(16)19-17(21)12(2)24-18(22)13-8-10-14(20)11-9-13/h4-12,20H,3H2,1-2H3,(H,19,21). The molecule has 0 aliphatic heterocycles. The zero-order chi connectivity index (χ0) is 17.5. The largest absolute Gasteiger partial charge is 0.508 e. The monoisotopic (exact) mass is 329 g/mol. The van der Waals surface area contributed by atoms with E-state index in [-0.39, 0.29) is 11.3 Å². The number of para-hydroxylation sites is 2. The van der Waals surface area contributed by atoms with E-state index in [0.29, 0.717) is 18.0 Å². The minimum Gasteiger partial charge on any atom is -0.508 e. The Morgan fingerprint density at radius 1 is 1.12 bits per heavy atom. The number of phenols is 1. The number of hydrogen-bond donors (Lipinski definition) is 2. The Balaban J connectivity index is 1.99. The highest BCUT2D eigenvalue weighted by Gasteiger charge is 2.20. The van der Waals surface area contributed by atoms with E-state index < -0.39 is 18.0 Å². The number of aromatic hydroxyl groups is 1. The minimum atomic E-state index is -0.985. The Kier molecular flexibility index (Phi) is 5.78. The summed E-state index contributed by atoms with van der Waals surface area (Å²) in [7, 11) is 0. The molecule has 2 N–H and O–H groups in total. The zero-order valence-corrected chi connectivity index (χ0v) is 13.5. The lowest BCUT2D eigenvalue weighted by molar-refractivity contribution is -0.123. The van der Waals surface area contributed by atoms with Crippen LogP contribution in [0.15, 0.2) is 48.5 Å². The number of anilines is 1. The molecule has 126 valence electrons. The second kappa shape index (κ2) is 8.01. The van der Waals surface area contributed by atoms with Crippen molar-refractivity contribution in [2.24, 2.45) is 0 Å². The number of benzene rings is 2. The van der Waals surface area contributed by atoms with Gasteiger partial charge in [-0.3, -0.25) is 4.79 Å². The molecule has 0 fully saturated rings. The molecule has 24 heavy (non-hydrogen) atoms. The van der Waals surface area contributed by atoms with Gasteiger partial charge in [0.25, 0.3) is 5.91 Å². The van der Waals surface area contributed by atoms with Crippen LogP contribution >= 0.6 is 0 Å². The van der Waals surface area contributed by atoms with Gasteiger partial charge in [0.15, 0.2) is 6.10 Å². The molecule has 1 unspecified atom stereocenters. The lowest BCUT2D eigenvalue weighted by Gasteiger charge is -2.15. The molecule has 2 aromatic carbocycles. The van der Waals surface area contributed by atoms with Gasteiger partial charge >= 0.3 is 5.97 Å². The average molecular weight is 329 g/mol. The fourth-order valence-corrected chi connectivity index (χ4v) is 1.97. The lowest BCUT2D eigenvalue weighted by atomic mass is 10.2. The van der Waals surface area contributed by atoms with Crippen molar-refractivity contribution in [1.82, 2.24) is 0 Å². The highest BCUT2D eigenvalue weighted by atomic mass is 16.5. The first-order valence-electron chi connectivity index (χ1n) is 7.54. The smallest absolute Gasteiger partial charge is 0.338 e. The molecule has 0 aromatic heterocycles. The number of nitrogens with one attached hydrogen (secondary N) is 1. The highest BCUT2D eigenvalue weighted by molar-refractivity contribution is 5.98. The highest BCUT2D eigenvalue weighted by Crippen LogP contribution is 2.24. The van der Waals surface area contributed by atoms with Crippen LogP contribution < -0.4 is 10.1 Å². The van der Waals surface area contributed by atoms with Gasteiger partial charge in [0, 0.05) is 0 Å². The molecule has 1 atom stereocenters. The van der Waals surface area contributed by atoms with Crippen LogP contribution in [0, 0.1) is 0 Å². The number of phenolic OH excluding ortho intramolecular Hbond substituents is 1. The number of rotatable bonds is 6. The summed E-state index contributed by atoms with van der Waals surface area (Å²) in [6.07, 6.45) is -0.985. The maximum atomic E-state index is 12.2. The topological polar surface area (TPSA) is 84.9 Å². The predicted octanol–water partition coefficient (Wildman–Crippen LogP) is 2.97. The third kappa shape index (κ3) is 4.49. The fraction of sp³-hybridized carbons (Fsp3) is 0.222. The SMILES string of the molecule is CCOc1ccccc1NC(=O)C(C)OC(=O)c1ccc(O)cc1. The predicted molar refractivity (Wildman–Crippen MR) is 89.2 cm³/mol. The summed E-state index contributed by atoms with van der Waals surface area (Å²) < 4.78 is 10.6. The average Bonchev–Trinajstić information content (AvgIpc) is 2.57. The molecule has 0 saturated carbocycles. The Morgan fingerprint density at radius 2 is 1.79 bits per heavy atom. The number of hydrogen-bond acceptors (Lipinski definition) is 5. The number of amides is 1. The fourth-order valence-electron chi connectivity index (χ4n) is 1.97. The molecule has 0 bridgehead atoms. The molecule has 6 heteroatoms. The van der Waals surface area contributed by atoms with Crippen molar-refractivity contribution in [2.45, 2.75) is 20.0 Å². The summed E-state index contributed by atoms with van der Waals surface area (Å²) >= 11 is 0. The minimum absolute atomic E-state index is 0.0462. The first-order valence-corrected chi connectivity index (χ1v) is 7.54. The summed E-state index contributed by atoms with van der Waals surface area (Å²) in [5, 5.41) is 11.9. The van der Waals surface area contributed by atoms with Crippen molar-refractivity contribution in [3.63, 3.8) is 0 Å². The molecule has 2 aromatic rings. The van der Waals surface area contributed by atoms with E-state index in [1.165, 1.54) is 31.2 Å². The zero-order valence-electron chi connectivity index (χ0n) is 13.5. The van der Waals surface area contributed by atoms with Crippen molar-refractivity contribution in [1.29, 1.82) is 0 Å². The molecule has 0 heterocycles. The summed E-state index contributed by atoms with van der Waals surface area (Å²) in [4.78, 5) is 24.2. The maximum Gasteiger partial charge on any atom is 0.338 e. The Morgan fingerprint density at radius 3 is 2.46 bits per heavy atom. The quantitative estimate of drug-likeness (QED) is 0.796. The van der Waals surface area contributed by atoms with Gasteiger partial charge in [0.1, 0.15) is 11.5 Å². The normalized spacial score (nSPS) is 11.4. The first-order chi connectivity index (χ1) is 11.5. The summed E-state index contributed by atoms with van der Waals surface area (Å²) in [6.45, 7) is 3.80. The van der Waals surface area contributed by atoms with E-state index in [9.17, 15) is 14.7 Å². The number of esters is 1. The van der Waals surface area contributed by atoms with Gasteiger partial charge in [-0.1, -0.05) is 12.1 Å². The number of carbonyl (C=O) groups is 2. The number of carbonyl (C=O) groups excluding carboxylic acids is 2. The molecular formula is C18H19NO5. The van der Waals surface area contributed by atoms with Gasteiger partial charge in [-0.2, -0.15) is 0 Å². The Labute approximate surface area is 140 Å². The van der Waals surface area contributed by atoms with Crippen LogP contribution in [0.5, 0.6) is 11.5 Å². The van der Waals surface area contributed by atoms with Gasteiger partial charge < -0.3 is 19.9 Å². The van der Waals surface area contributed by atoms with E-state index in [2.05, 4.69) is 5.32 Å². The van der Waals surface area contributed by atoms with Crippen LogP contribution in [-0.2, 0) is 9.53 Å². The van der Waals surface area contributed by atoms with Crippen LogP contribution in [-0.4, -0.2) is 29.7 Å². The van der Waals surface area contributed by atoms with Crippen molar-refractivity contribution in [2.75, 3.05) is 11.9 Å². The molecule has 1 amide bonds. The van der Waals surface area contributed by atoms with Crippen LogP contribution in [0.2, 0.25) is 0 Å². The van der Waals surface area contributed by atoms with E-state index in [4.69, 9.17) is 9.47 Å². The lowest BCUT2D eigenvalue weighted by Crippen LogP contribution is -2.30. The van der Waals surface area contributed by atoms with Crippen LogP contribution in [0.1, 0.15) is 24.2 Å². The summed E-state index contributed by atoms with van der Waals surface area (Å²) in [5.74, 6) is -0.514. The van der Waals surface area contributed by atoms with E-state index in [0.717, 1.165) is 0 Å². The third-order valence-corrected chi connectivity index (χ3v) is 3.20. The maximum absolute atomic E-state index is 12.2. The number of ether oxygens (including phenoxy) is 2. The molecule has 2 rings (SSSR count). The van der Waals surface area contributed by atoms with Gasteiger partial charge in [0.05, 0.1) is 17.9 Å². The van der Waals surface area contributed by atoms with E-state index in [1.807, 2.05) is 6.92 Å². The molecule has 0 aliphatic rings. The molecule has 0 radical (unpaired) electrons. The second-order valence-corrected chi connectivity index (χ2v) is 5.01. The van der Waals surface area contributed by atoms with Crippen LogP contribution in [0.3, 0.4) is 0 Å². The van der Waals surface area contributed by atoms with Crippen LogP contribution in [0.25, 0.3) is 0 Å². The first kappa shape index (κ1) is 17.3. The van der Waals surface area contributed by atoms with Gasteiger partial charge in [0.2, 0.25) is 0 Å². The van der Waals surface area contributed by atoms with E-state index in [1.54, 1.807) is 24.3 Å². The Bertz CT molecular complexity index is 712. The van der Waals surface area contributed by atoms with Gasteiger partial charge in [-0.25, -0.2) is 4.79 Å². The van der Waals surface area contributed by atoms with Crippen molar-refractivity contribution < 1.29 is 24.2 Å². The van der Waals surface area contributed by atoms with Crippen molar-refractivity contribution in [3.05, 3.63) is 54.1 Å². The van der Waals surface area contributed by atoms with Gasteiger partial charge in [-0.05, 0) is 50.2 Å². The molecular weight excluding hydrogens is 310 g/mol. The van der Waals surface area contributed by atoms with E-state index >= 15 is 0 Å². The molecule has 0 saturated heterocycles. The molecule has 0 spiro atoms. The summed E-state index contributed by atoms with van der Waals surface area (Å²) in [5.41, 5.74) is 0.763. The van der Waals surface area contributed by atoms with Crippen molar-refractivity contribution in [3.8, 4) is 11.5 Å². The van der Waals surface area contributed by atoms with Crippen molar-refractivity contribution >= 4 is 17.6 Å². The second-order valence-electron chi connectivity index (χ2n) is 5.01. The summed E-state index contributed by atoms with van der Waals surface area (Å²) in [6, 6.07) is 12.6. The van der Waals surface area contributed by atoms with Gasteiger partial charge in [-0.15, -0.1) is 0 Å². The molecule has 0 aliphatic carbocycles. The molecule has 6 nitrogen and oxygen atoms in total.